The summed E-state index contributed by atoms with van der Waals surface area (Å²) in [4.78, 5) is 26.9. The molecule has 0 aliphatic carbocycles. The van der Waals surface area contributed by atoms with Crippen LogP contribution in [-0.4, -0.2) is 36.6 Å². The van der Waals surface area contributed by atoms with Gasteiger partial charge in [0.1, 0.15) is 0 Å². The lowest BCUT2D eigenvalue weighted by atomic mass is 10.1. The van der Waals surface area contributed by atoms with E-state index in [-0.39, 0.29) is 24.2 Å². The third-order valence-electron chi connectivity index (χ3n) is 5.17. The summed E-state index contributed by atoms with van der Waals surface area (Å²) in [6, 6.07) is 17.3. The van der Waals surface area contributed by atoms with Crippen LogP contribution < -0.4 is 10.2 Å². The molecular weight excluding hydrogens is 354 g/mol. The lowest BCUT2D eigenvalue weighted by molar-refractivity contribution is -0.122. The Kier molecular flexibility index (Phi) is 5.12. The van der Waals surface area contributed by atoms with Crippen LogP contribution in [0.4, 0.5) is 11.4 Å². The van der Waals surface area contributed by atoms with Gasteiger partial charge in [-0.1, -0.05) is 24.3 Å². The normalized spacial score (nSPS) is 16.7. The van der Waals surface area contributed by atoms with Crippen molar-refractivity contribution >= 4 is 34.1 Å². The smallest absolute Gasteiger partial charge is 0.229 e. The summed E-state index contributed by atoms with van der Waals surface area (Å²) in [7, 11) is 1.68. The van der Waals surface area contributed by atoms with Gasteiger partial charge >= 0.3 is 0 Å². The molecule has 144 valence electrons. The third kappa shape index (κ3) is 3.51. The maximum absolute atomic E-state index is 12.8. The molecule has 0 bridgehead atoms. The zero-order chi connectivity index (χ0) is 19.5. The fourth-order valence-electron chi connectivity index (χ4n) is 3.69. The Hall–Kier alpha value is -3.12. The fraction of sp³-hybridized carbons (Fsp3) is 0.273. The van der Waals surface area contributed by atoms with Gasteiger partial charge in [-0.2, -0.15) is 0 Å². The molecule has 1 N–H and O–H groups in total. The highest BCUT2D eigenvalue weighted by atomic mass is 16.5. The van der Waals surface area contributed by atoms with E-state index in [4.69, 9.17) is 4.74 Å². The Morgan fingerprint density at radius 3 is 2.75 bits per heavy atom. The largest absolute Gasteiger partial charge is 0.383 e. The molecule has 1 atom stereocenters. The Balaban J connectivity index is 1.50. The van der Waals surface area contributed by atoms with Crippen molar-refractivity contribution in [1.29, 1.82) is 0 Å². The molecule has 0 radical (unpaired) electrons. The molecule has 1 fully saturated rings. The van der Waals surface area contributed by atoms with E-state index in [1.165, 1.54) is 0 Å². The van der Waals surface area contributed by atoms with Gasteiger partial charge in [0.2, 0.25) is 11.8 Å². The molecule has 3 aromatic rings. The summed E-state index contributed by atoms with van der Waals surface area (Å²) in [6.45, 7) is 1.78. The second-order valence-corrected chi connectivity index (χ2v) is 6.97. The summed E-state index contributed by atoms with van der Waals surface area (Å²) in [5.41, 5.74) is 2.65. The minimum absolute atomic E-state index is 0.0183. The van der Waals surface area contributed by atoms with E-state index in [0.717, 1.165) is 28.8 Å². The number of carbonyl (C=O) groups is 2. The Morgan fingerprint density at radius 2 is 1.96 bits per heavy atom. The first kappa shape index (κ1) is 18.3. The zero-order valence-corrected chi connectivity index (χ0v) is 15.8. The van der Waals surface area contributed by atoms with Crippen molar-refractivity contribution in [3.05, 3.63) is 60.8 Å². The molecule has 0 saturated carbocycles. The highest BCUT2D eigenvalue weighted by Crippen LogP contribution is 2.28. The van der Waals surface area contributed by atoms with Crippen molar-refractivity contribution in [2.24, 2.45) is 5.92 Å². The predicted octanol–water partition coefficient (Wildman–Crippen LogP) is 3.28. The standard InChI is InChI=1S/C22H23N3O3/c1-28-13-12-24-11-10-18-19(8-5-9-20(18)24)23-22(27)16-14-21(26)25(15-16)17-6-3-2-4-7-17/h2-11,16H,12-15H2,1H3,(H,23,27)/t16-/m0/s1. The van der Waals surface area contributed by atoms with E-state index in [1.54, 1.807) is 12.0 Å². The van der Waals surface area contributed by atoms with Gasteiger partial charge in [-0.25, -0.2) is 0 Å². The number of nitrogens with zero attached hydrogens (tertiary/aromatic N) is 2. The van der Waals surface area contributed by atoms with Crippen LogP contribution >= 0.6 is 0 Å². The van der Waals surface area contributed by atoms with Crippen LogP contribution in [0.1, 0.15) is 6.42 Å². The molecule has 6 heteroatoms. The third-order valence-corrected chi connectivity index (χ3v) is 5.17. The number of fused-ring (bicyclic) bond motifs is 1. The first-order valence-electron chi connectivity index (χ1n) is 9.40. The number of aromatic nitrogens is 1. The van der Waals surface area contributed by atoms with E-state index in [0.29, 0.717) is 13.2 Å². The van der Waals surface area contributed by atoms with Crippen LogP contribution in [0.25, 0.3) is 10.9 Å². The van der Waals surface area contributed by atoms with E-state index in [2.05, 4.69) is 9.88 Å². The van der Waals surface area contributed by atoms with Crippen LogP contribution in [0.15, 0.2) is 60.8 Å². The highest BCUT2D eigenvalue weighted by molar-refractivity contribution is 6.06. The Morgan fingerprint density at radius 1 is 1.14 bits per heavy atom. The summed E-state index contributed by atoms with van der Waals surface area (Å²) in [5, 5.41) is 4.01. The van der Waals surface area contributed by atoms with Crippen LogP contribution in [0.2, 0.25) is 0 Å². The maximum Gasteiger partial charge on any atom is 0.229 e. The predicted molar refractivity (Wildman–Crippen MR) is 109 cm³/mol. The first-order chi connectivity index (χ1) is 13.7. The lowest BCUT2D eigenvalue weighted by Crippen LogP contribution is -2.28. The molecular formula is C22H23N3O3. The lowest BCUT2D eigenvalue weighted by Gasteiger charge is -2.16. The number of benzene rings is 2. The van der Waals surface area contributed by atoms with E-state index < -0.39 is 0 Å². The number of anilines is 2. The molecule has 28 heavy (non-hydrogen) atoms. The number of hydrogen-bond donors (Lipinski definition) is 1. The molecule has 0 spiro atoms. The van der Waals surface area contributed by atoms with Gasteiger partial charge in [-0.05, 0) is 30.3 Å². The molecule has 4 rings (SSSR count). The van der Waals surface area contributed by atoms with Crippen LogP contribution in [0, 0.1) is 5.92 Å². The van der Waals surface area contributed by atoms with Gasteiger partial charge in [-0.15, -0.1) is 0 Å². The first-order valence-corrected chi connectivity index (χ1v) is 9.40. The van der Waals surface area contributed by atoms with E-state index in [9.17, 15) is 9.59 Å². The van der Waals surface area contributed by atoms with Crippen molar-refractivity contribution < 1.29 is 14.3 Å². The molecule has 2 heterocycles. The molecule has 6 nitrogen and oxygen atoms in total. The minimum Gasteiger partial charge on any atom is -0.383 e. The Bertz CT molecular complexity index is 997. The molecule has 1 aliphatic heterocycles. The number of amides is 2. The number of carbonyl (C=O) groups excluding carboxylic acids is 2. The maximum atomic E-state index is 12.8. The quantitative estimate of drug-likeness (QED) is 0.717. The molecule has 2 aromatic carbocycles. The van der Waals surface area contributed by atoms with Crippen LogP contribution in [-0.2, 0) is 20.9 Å². The van der Waals surface area contributed by atoms with Gasteiger partial charge in [-0.3, -0.25) is 9.59 Å². The Labute approximate surface area is 163 Å². The molecule has 0 unspecified atom stereocenters. The number of ether oxygens (including phenoxy) is 1. The molecule has 1 aromatic heterocycles. The average molecular weight is 377 g/mol. The SMILES string of the molecule is COCCn1ccc2c(NC(=O)[C@H]3CC(=O)N(c4ccccc4)C3)cccc21. The summed E-state index contributed by atoms with van der Waals surface area (Å²) >= 11 is 0. The van der Waals surface area contributed by atoms with Gasteiger partial charge in [0.15, 0.2) is 0 Å². The van der Waals surface area contributed by atoms with Gasteiger partial charge in [0.05, 0.1) is 23.7 Å². The van der Waals surface area contributed by atoms with E-state index in [1.807, 2.05) is 60.8 Å². The van der Waals surface area contributed by atoms with Crippen LogP contribution in [0.5, 0.6) is 0 Å². The molecule has 1 saturated heterocycles. The van der Waals surface area contributed by atoms with Crippen molar-refractivity contribution in [1.82, 2.24) is 4.57 Å². The molecule has 2 amide bonds. The fourth-order valence-corrected chi connectivity index (χ4v) is 3.69. The number of methoxy groups -OCH3 is 1. The van der Waals surface area contributed by atoms with Crippen molar-refractivity contribution in [3.63, 3.8) is 0 Å². The average Bonchev–Trinajstić information content (AvgIpc) is 3.31. The van der Waals surface area contributed by atoms with Gasteiger partial charge in [0.25, 0.3) is 0 Å². The second kappa shape index (κ2) is 7.86. The second-order valence-electron chi connectivity index (χ2n) is 6.97. The highest BCUT2D eigenvalue weighted by Gasteiger charge is 2.35. The number of hydrogen-bond acceptors (Lipinski definition) is 3. The van der Waals surface area contributed by atoms with Crippen LogP contribution in [0.3, 0.4) is 0 Å². The monoisotopic (exact) mass is 377 g/mol. The molecule has 1 aliphatic rings. The zero-order valence-electron chi connectivity index (χ0n) is 15.8. The topological polar surface area (TPSA) is 63.6 Å². The van der Waals surface area contributed by atoms with Gasteiger partial charge in [0, 0.05) is 43.9 Å². The summed E-state index contributed by atoms with van der Waals surface area (Å²) < 4.78 is 7.26. The van der Waals surface area contributed by atoms with E-state index >= 15 is 0 Å². The summed E-state index contributed by atoms with van der Waals surface area (Å²) in [5.74, 6) is -0.502. The summed E-state index contributed by atoms with van der Waals surface area (Å²) in [6.07, 6.45) is 2.22. The van der Waals surface area contributed by atoms with Crippen molar-refractivity contribution in [2.45, 2.75) is 13.0 Å². The number of nitrogens with one attached hydrogen (secondary N) is 1. The van der Waals surface area contributed by atoms with Crippen molar-refractivity contribution in [3.8, 4) is 0 Å². The van der Waals surface area contributed by atoms with Gasteiger partial charge < -0.3 is 19.5 Å². The minimum atomic E-state index is -0.362. The number of rotatable bonds is 6. The van der Waals surface area contributed by atoms with Crippen molar-refractivity contribution in [2.75, 3.05) is 30.5 Å². The number of para-hydroxylation sites is 1.